The van der Waals surface area contributed by atoms with Crippen molar-refractivity contribution in [2.75, 3.05) is 18.4 Å². The summed E-state index contributed by atoms with van der Waals surface area (Å²) in [6.07, 6.45) is 3.66. The van der Waals surface area contributed by atoms with Gasteiger partial charge in [0.05, 0.1) is 5.02 Å². The van der Waals surface area contributed by atoms with Crippen molar-refractivity contribution in [1.29, 1.82) is 0 Å². The van der Waals surface area contributed by atoms with Crippen LogP contribution in [0.1, 0.15) is 36.0 Å². The van der Waals surface area contributed by atoms with Crippen LogP contribution in [0, 0.1) is 0 Å². The van der Waals surface area contributed by atoms with Crippen molar-refractivity contribution < 1.29 is 17.6 Å². The van der Waals surface area contributed by atoms with Crippen molar-refractivity contribution in [3.05, 3.63) is 71.2 Å². The third-order valence-corrected chi connectivity index (χ3v) is 8.39. The van der Waals surface area contributed by atoms with Crippen molar-refractivity contribution in [2.45, 2.75) is 30.6 Å². The third-order valence-electron chi connectivity index (χ3n) is 6.01. The quantitative estimate of drug-likeness (QED) is 0.383. The Balaban J connectivity index is 1.42. The smallest absolute Gasteiger partial charge is 0.255 e. The number of benzene rings is 3. The fourth-order valence-electron chi connectivity index (χ4n) is 4.27. The number of rotatable bonds is 4. The number of carbonyl (C=O) groups excluding carboxylic acids is 1. The van der Waals surface area contributed by atoms with E-state index in [9.17, 15) is 13.2 Å². The molecule has 0 spiro atoms. The Morgan fingerprint density at radius 3 is 2.39 bits per heavy atom. The fourth-order valence-corrected chi connectivity index (χ4v) is 6.29. The number of nitrogens with zero attached hydrogens (tertiary/aromatic N) is 1. The molecule has 1 N–H and O–H groups in total. The Morgan fingerprint density at radius 2 is 1.61 bits per heavy atom. The van der Waals surface area contributed by atoms with E-state index in [0.29, 0.717) is 24.4 Å². The average Bonchev–Trinajstić information content (AvgIpc) is 2.96. The van der Waals surface area contributed by atoms with E-state index in [4.69, 9.17) is 16.0 Å². The number of para-hydroxylation sites is 1. The number of hydrogen-bond donors (Lipinski definition) is 1. The van der Waals surface area contributed by atoms with Crippen molar-refractivity contribution in [3.63, 3.8) is 0 Å². The first-order chi connectivity index (χ1) is 15.9. The summed E-state index contributed by atoms with van der Waals surface area (Å²) >= 11 is 6.26. The van der Waals surface area contributed by atoms with Gasteiger partial charge in [-0.3, -0.25) is 4.79 Å². The first-order valence-corrected chi connectivity index (χ1v) is 12.8. The number of furan rings is 1. The van der Waals surface area contributed by atoms with Crippen LogP contribution >= 0.6 is 11.6 Å². The van der Waals surface area contributed by atoms with E-state index < -0.39 is 15.9 Å². The van der Waals surface area contributed by atoms with E-state index in [1.54, 1.807) is 12.1 Å². The lowest BCUT2D eigenvalue weighted by Gasteiger charge is -2.21. The van der Waals surface area contributed by atoms with Gasteiger partial charge in [0.25, 0.3) is 5.91 Å². The zero-order valence-electron chi connectivity index (χ0n) is 17.9. The summed E-state index contributed by atoms with van der Waals surface area (Å²) in [6.45, 7) is 0.930. The molecule has 2 heterocycles. The Kier molecular flexibility index (Phi) is 5.86. The molecule has 1 fully saturated rings. The van der Waals surface area contributed by atoms with Crippen molar-refractivity contribution in [3.8, 4) is 0 Å². The number of halogens is 1. The first-order valence-electron chi connectivity index (χ1n) is 11.0. The van der Waals surface area contributed by atoms with Crippen molar-refractivity contribution in [1.82, 2.24) is 4.31 Å². The molecule has 1 aliphatic rings. The molecule has 33 heavy (non-hydrogen) atoms. The molecule has 1 aromatic heterocycles. The predicted octanol–water partition coefficient (Wildman–Crippen LogP) is 6.06. The zero-order chi connectivity index (χ0) is 23.0. The highest BCUT2D eigenvalue weighted by molar-refractivity contribution is 7.89. The van der Waals surface area contributed by atoms with Gasteiger partial charge < -0.3 is 9.73 Å². The molecule has 6 nitrogen and oxygen atoms in total. The minimum absolute atomic E-state index is 0.0357. The molecule has 170 valence electrons. The summed E-state index contributed by atoms with van der Waals surface area (Å²) in [7, 11) is -3.78. The molecule has 8 heteroatoms. The van der Waals surface area contributed by atoms with Crippen LogP contribution in [0.4, 0.5) is 5.69 Å². The van der Waals surface area contributed by atoms with Crippen LogP contribution in [0.15, 0.2) is 70.0 Å². The van der Waals surface area contributed by atoms with Gasteiger partial charge in [0.15, 0.2) is 0 Å². The van der Waals surface area contributed by atoms with E-state index >= 15 is 0 Å². The minimum Gasteiger partial charge on any atom is -0.456 e. The molecule has 0 aliphatic carbocycles. The number of hydrogen-bond acceptors (Lipinski definition) is 4. The second-order valence-corrected chi connectivity index (χ2v) is 10.5. The lowest BCUT2D eigenvalue weighted by Crippen LogP contribution is -2.32. The van der Waals surface area contributed by atoms with Crippen LogP contribution in [0.2, 0.25) is 5.02 Å². The number of fused-ring (bicyclic) bond motifs is 3. The molecular weight excluding hydrogens is 460 g/mol. The normalized spacial score (nSPS) is 15.5. The molecule has 3 aromatic carbocycles. The van der Waals surface area contributed by atoms with Gasteiger partial charge in [0.2, 0.25) is 10.0 Å². The summed E-state index contributed by atoms with van der Waals surface area (Å²) in [6, 6.07) is 17.5. The summed E-state index contributed by atoms with van der Waals surface area (Å²) in [5.74, 6) is -0.422. The third kappa shape index (κ3) is 4.24. The van der Waals surface area contributed by atoms with Gasteiger partial charge in [-0.2, -0.15) is 4.31 Å². The van der Waals surface area contributed by atoms with Gasteiger partial charge in [-0.05, 0) is 49.2 Å². The highest BCUT2D eigenvalue weighted by atomic mass is 35.5. The van der Waals surface area contributed by atoms with Crippen molar-refractivity contribution in [2.24, 2.45) is 0 Å². The maximum absolute atomic E-state index is 13.2. The maximum Gasteiger partial charge on any atom is 0.255 e. The van der Waals surface area contributed by atoms with Crippen LogP contribution < -0.4 is 5.32 Å². The average molecular weight is 483 g/mol. The number of carbonyl (C=O) groups is 1. The Hall–Kier alpha value is -2.87. The van der Waals surface area contributed by atoms with E-state index in [1.165, 1.54) is 22.5 Å². The Morgan fingerprint density at radius 1 is 0.879 bits per heavy atom. The SMILES string of the molecule is O=C(Nc1ccc2c(c1)oc1ccccc12)c1ccc(Cl)c(S(=O)(=O)N2CCCCCC2)c1. The summed E-state index contributed by atoms with van der Waals surface area (Å²) < 4.78 is 33.8. The van der Waals surface area contributed by atoms with Gasteiger partial charge in [-0.1, -0.05) is 42.6 Å². The van der Waals surface area contributed by atoms with E-state index in [0.717, 1.165) is 42.0 Å². The number of amides is 1. The Labute approximate surface area is 197 Å². The van der Waals surface area contributed by atoms with Crippen LogP contribution in [0.25, 0.3) is 21.9 Å². The van der Waals surface area contributed by atoms with Gasteiger partial charge >= 0.3 is 0 Å². The highest BCUT2D eigenvalue weighted by Crippen LogP contribution is 2.31. The van der Waals surface area contributed by atoms with Gasteiger partial charge in [0.1, 0.15) is 16.1 Å². The fraction of sp³-hybridized carbons (Fsp3) is 0.240. The van der Waals surface area contributed by atoms with Crippen LogP contribution in [0.3, 0.4) is 0 Å². The highest BCUT2D eigenvalue weighted by Gasteiger charge is 2.28. The lowest BCUT2D eigenvalue weighted by atomic mass is 10.1. The van der Waals surface area contributed by atoms with E-state index in [1.807, 2.05) is 30.3 Å². The zero-order valence-corrected chi connectivity index (χ0v) is 19.5. The molecule has 4 aromatic rings. The van der Waals surface area contributed by atoms with Gasteiger partial charge in [-0.25, -0.2) is 8.42 Å². The largest absolute Gasteiger partial charge is 0.456 e. The number of anilines is 1. The van der Waals surface area contributed by atoms with E-state index in [2.05, 4.69) is 5.32 Å². The van der Waals surface area contributed by atoms with Gasteiger partial charge in [-0.15, -0.1) is 0 Å². The van der Waals surface area contributed by atoms with Crippen molar-refractivity contribution >= 4 is 55.2 Å². The van der Waals surface area contributed by atoms with Gasteiger partial charge in [0, 0.05) is 41.2 Å². The molecule has 0 bridgehead atoms. The molecule has 0 unspecified atom stereocenters. The Bertz CT molecular complexity index is 1450. The number of sulfonamides is 1. The molecule has 1 saturated heterocycles. The van der Waals surface area contributed by atoms with Crippen LogP contribution in [0.5, 0.6) is 0 Å². The minimum atomic E-state index is -3.78. The summed E-state index contributed by atoms with van der Waals surface area (Å²) in [4.78, 5) is 12.9. The lowest BCUT2D eigenvalue weighted by molar-refractivity contribution is 0.102. The second-order valence-electron chi connectivity index (χ2n) is 8.23. The van der Waals surface area contributed by atoms with E-state index in [-0.39, 0.29) is 15.5 Å². The summed E-state index contributed by atoms with van der Waals surface area (Å²) in [5.41, 5.74) is 2.21. The number of nitrogens with one attached hydrogen (secondary N) is 1. The molecule has 0 radical (unpaired) electrons. The molecule has 1 amide bonds. The van der Waals surface area contributed by atoms with Crippen LogP contribution in [-0.4, -0.2) is 31.7 Å². The molecule has 5 rings (SSSR count). The summed E-state index contributed by atoms with van der Waals surface area (Å²) in [5, 5.41) is 4.91. The molecular formula is C25H23ClN2O4S. The topological polar surface area (TPSA) is 79.6 Å². The predicted molar refractivity (Wildman–Crippen MR) is 130 cm³/mol. The van der Waals surface area contributed by atoms with Crippen LogP contribution in [-0.2, 0) is 10.0 Å². The molecule has 1 aliphatic heterocycles. The standard InChI is InChI=1S/C25H23ClN2O4S/c26-21-12-9-17(15-24(21)33(30,31)28-13-5-1-2-6-14-28)25(29)27-18-10-11-20-19-7-3-4-8-22(19)32-23(20)16-18/h3-4,7-12,15-16H,1-2,5-6,13-14H2,(H,27,29). The second kappa shape index (κ2) is 8.82. The maximum atomic E-state index is 13.2. The molecule has 0 saturated carbocycles. The first kappa shape index (κ1) is 21.9. The molecule has 0 atom stereocenters. The monoisotopic (exact) mass is 482 g/mol.